The fraction of sp³-hybridized carbons (Fsp3) is 0.161. The normalized spacial score (nSPS) is 12.4. The van der Waals surface area contributed by atoms with E-state index in [0.29, 0.717) is 27.8 Å². The summed E-state index contributed by atoms with van der Waals surface area (Å²) in [4.78, 5) is 29.0. The van der Waals surface area contributed by atoms with E-state index in [1.54, 1.807) is 24.3 Å². The molecule has 5 rings (SSSR count). The number of amides is 2. The lowest BCUT2D eigenvalue weighted by atomic mass is 10.0. The molecule has 1 aliphatic rings. The van der Waals surface area contributed by atoms with E-state index in [9.17, 15) is 9.59 Å². The van der Waals surface area contributed by atoms with Crippen LogP contribution >= 0.6 is 11.6 Å². The highest BCUT2D eigenvalue weighted by molar-refractivity contribution is 6.32. The number of nitrogens with zero attached hydrogens (tertiary/aromatic N) is 1. The maximum absolute atomic E-state index is 13.8. The van der Waals surface area contributed by atoms with Crippen molar-refractivity contribution in [3.8, 4) is 17.2 Å². The number of hydrogen-bond donors (Lipinski definition) is 1. The Hall–Kier alpha value is -4.49. The van der Waals surface area contributed by atoms with Crippen molar-refractivity contribution in [1.82, 2.24) is 10.2 Å². The molecular weight excluding hydrogens is 516 g/mol. The Morgan fingerprint density at radius 1 is 0.846 bits per heavy atom. The number of hydrogen-bond acceptors (Lipinski definition) is 5. The molecule has 0 saturated heterocycles. The van der Waals surface area contributed by atoms with Crippen LogP contribution in [0.3, 0.4) is 0 Å². The molecule has 4 aromatic rings. The minimum atomic E-state index is -0.900. The van der Waals surface area contributed by atoms with Crippen molar-refractivity contribution in [2.45, 2.75) is 19.1 Å². The minimum Gasteiger partial charge on any atom is -0.482 e. The Labute approximate surface area is 231 Å². The van der Waals surface area contributed by atoms with E-state index in [1.807, 2.05) is 78.9 Å². The van der Waals surface area contributed by atoms with Crippen LogP contribution in [0, 0.1) is 0 Å². The van der Waals surface area contributed by atoms with Crippen molar-refractivity contribution in [2.75, 3.05) is 13.4 Å². The predicted octanol–water partition coefficient (Wildman–Crippen LogP) is 5.53. The first-order valence-electron chi connectivity index (χ1n) is 12.5. The largest absolute Gasteiger partial charge is 0.482 e. The third-order valence-electron chi connectivity index (χ3n) is 6.28. The number of benzene rings is 4. The molecule has 1 aliphatic heterocycles. The standard InChI is InChI=1S/C31H27ClN2O5/c32-25-13-7-8-14-26(25)37-20-29(35)34(19-22-9-3-1-4-10-22)30(24-11-5-2-6-12-24)31(36)33-18-23-15-16-27-28(17-23)39-21-38-27/h1-17,30H,18-21H2,(H,33,36)/t30-/m1/s1. The quantitative estimate of drug-likeness (QED) is 0.285. The van der Waals surface area contributed by atoms with Crippen molar-refractivity contribution < 1.29 is 23.8 Å². The lowest BCUT2D eigenvalue weighted by Gasteiger charge is -2.31. The SMILES string of the molecule is O=C(NCc1ccc2c(c1)OCO2)[C@@H](c1ccccc1)N(Cc1ccccc1)C(=O)COc1ccccc1Cl. The van der Waals surface area contributed by atoms with E-state index in [0.717, 1.165) is 11.1 Å². The van der Waals surface area contributed by atoms with Gasteiger partial charge in [-0.25, -0.2) is 0 Å². The number of para-hydroxylation sites is 1. The molecule has 39 heavy (non-hydrogen) atoms. The lowest BCUT2D eigenvalue weighted by Crippen LogP contribution is -2.45. The summed E-state index contributed by atoms with van der Waals surface area (Å²) in [5, 5.41) is 3.41. The Morgan fingerprint density at radius 3 is 2.31 bits per heavy atom. The average molecular weight is 543 g/mol. The topological polar surface area (TPSA) is 77.1 Å². The molecule has 1 atom stereocenters. The van der Waals surface area contributed by atoms with Crippen molar-refractivity contribution in [3.05, 3.63) is 125 Å². The van der Waals surface area contributed by atoms with Gasteiger partial charge in [0.1, 0.15) is 11.8 Å². The van der Waals surface area contributed by atoms with Gasteiger partial charge in [-0.2, -0.15) is 0 Å². The first-order chi connectivity index (χ1) is 19.1. The Kier molecular flexibility index (Phi) is 8.29. The third-order valence-corrected chi connectivity index (χ3v) is 6.60. The number of halogens is 1. The number of nitrogens with one attached hydrogen (secondary N) is 1. The lowest BCUT2D eigenvalue weighted by molar-refractivity contribution is -0.143. The number of carbonyl (C=O) groups is 2. The van der Waals surface area contributed by atoms with Crippen LogP contribution in [0.25, 0.3) is 0 Å². The van der Waals surface area contributed by atoms with Crippen molar-refractivity contribution in [2.24, 2.45) is 0 Å². The van der Waals surface area contributed by atoms with Gasteiger partial charge in [-0.1, -0.05) is 90.5 Å². The summed E-state index contributed by atoms with van der Waals surface area (Å²) in [6.45, 7) is 0.355. The van der Waals surface area contributed by atoms with Gasteiger partial charge in [-0.05, 0) is 41.0 Å². The van der Waals surface area contributed by atoms with Crippen LogP contribution in [-0.2, 0) is 22.7 Å². The predicted molar refractivity (Wildman–Crippen MR) is 148 cm³/mol. The van der Waals surface area contributed by atoms with E-state index in [-0.39, 0.29) is 38.3 Å². The molecule has 0 aromatic heterocycles. The Balaban J connectivity index is 1.41. The van der Waals surface area contributed by atoms with Gasteiger partial charge in [0.2, 0.25) is 12.7 Å². The van der Waals surface area contributed by atoms with Gasteiger partial charge >= 0.3 is 0 Å². The Bertz CT molecular complexity index is 1430. The first-order valence-corrected chi connectivity index (χ1v) is 12.9. The van der Waals surface area contributed by atoms with E-state index in [1.165, 1.54) is 4.90 Å². The highest BCUT2D eigenvalue weighted by Crippen LogP contribution is 2.32. The Morgan fingerprint density at radius 2 is 1.54 bits per heavy atom. The fourth-order valence-corrected chi connectivity index (χ4v) is 4.52. The molecule has 0 fully saturated rings. The van der Waals surface area contributed by atoms with E-state index in [2.05, 4.69) is 5.32 Å². The fourth-order valence-electron chi connectivity index (χ4n) is 4.33. The molecule has 0 bridgehead atoms. The highest BCUT2D eigenvalue weighted by Gasteiger charge is 2.32. The van der Waals surface area contributed by atoms with Crippen LogP contribution in [0.15, 0.2) is 103 Å². The van der Waals surface area contributed by atoms with Gasteiger partial charge in [0, 0.05) is 13.1 Å². The van der Waals surface area contributed by atoms with Gasteiger partial charge in [0.25, 0.3) is 5.91 Å². The summed E-state index contributed by atoms with van der Waals surface area (Å²) < 4.78 is 16.6. The van der Waals surface area contributed by atoms with Crippen LogP contribution in [0.4, 0.5) is 0 Å². The van der Waals surface area contributed by atoms with Crippen LogP contribution in [-0.4, -0.2) is 30.1 Å². The summed E-state index contributed by atoms with van der Waals surface area (Å²) in [5.41, 5.74) is 2.42. The minimum absolute atomic E-state index is 0.175. The zero-order chi connectivity index (χ0) is 27.0. The van der Waals surface area contributed by atoms with Crippen LogP contribution in [0.2, 0.25) is 5.02 Å². The zero-order valence-electron chi connectivity index (χ0n) is 21.1. The van der Waals surface area contributed by atoms with Gasteiger partial charge in [0.05, 0.1) is 5.02 Å². The van der Waals surface area contributed by atoms with Crippen LogP contribution in [0.1, 0.15) is 22.7 Å². The smallest absolute Gasteiger partial charge is 0.261 e. The van der Waals surface area contributed by atoms with Crippen molar-refractivity contribution in [3.63, 3.8) is 0 Å². The van der Waals surface area contributed by atoms with E-state index < -0.39 is 6.04 Å². The maximum Gasteiger partial charge on any atom is 0.261 e. The molecule has 8 heteroatoms. The van der Waals surface area contributed by atoms with Crippen LogP contribution < -0.4 is 19.5 Å². The third kappa shape index (κ3) is 6.51. The van der Waals surface area contributed by atoms with Gasteiger partial charge < -0.3 is 24.4 Å². The summed E-state index contributed by atoms with van der Waals surface area (Å²) >= 11 is 6.23. The molecule has 4 aromatic carbocycles. The summed E-state index contributed by atoms with van der Waals surface area (Å²) in [7, 11) is 0. The molecule has 1 N–H and O–H groups in total. The molecule has 0 saturated carbocycles. The maximum atomic E-state index is 13.8. The molecule has 2 amide bonds. The molecule has 0 unspecified atom stereocenters. The van der Waals surface area contributed by atoms with Gasteiger partial charge in [-0.15, -0.1) is 0 Å². The van der Waals surface area contributed by atoms with Gasteiger partial charge in [-0.3, -0.25) is 9.59 Å². The first kappa shape index (κ1) is 26.1. The van der Waals surface area contributed by atoms with E-state index in [4.69, 9.17) is 25.8 Å². The summed E-state index contributed by atoms with van der Waals surface area (Å²) in [6, 6.07) is 30.4. The molecule has 0 radical (unpaired) electrons. The number of ether oxygens (including phenoxy) is 3. The number of carbonyl (C=O) groups excluding carboxylic acids is 2. The second kappa shape index (κ2) is 12.4. The van der Waals surface area contributed by atoms with Crippen molar-refractivity contribution >= 4 is 23.4 Å². The molecule has 7 nitrogen and oxygen atoms in total. The second-order valence-electron chi connectivity index (χ2n) is 8.94. The molecular formula is C31H27ClN2O5. The monoisotopic (exact) mass is 542 g/mol. The molecule has 0 aliphatic carbocycles. The van der Waals surface area contributed by atoms with Crippen molar-refractivity contribution in [1.29, 1.82) is 0 Å². The second-order valence-corrected chi connectivity index (χ2v) is 9.35. The summed E-state index contributed by atoms with van der Waals surface area (Å²) in [6.07, 6.45) is 0. The molecule has 0 spiro atoms. The van der Waals surface area contributed by atoms with Gasteiger partial charge in [0.15, 0.2) is 18.1 Å². The summed E-state index contributed by atoms with van der Waals surface area (Å²) in [5.74, 6) is 1.03. The highest BCUT2D eigenvalue weighted by atomic mass is 35.5. The molecule has 1 heterocycles. The molecule has 198 valence electrons. The zero-order valence-corrected chi connectivity index (χ0v) is 21.8. The van der Waals surface area contributed by atoms with Crippen LogP contribution in [0.5, 0.6) is 17.2 Å². The van der Waals surface area contributed by atoms with E-state index >= 15 is 0 Å². The number of fused-ring (bicyclic) bond motifs is 1. The number of rotatable bonds is 10. The average Bonchev–Trinajstić information content (AvgIpc) is 3.44.